The third-order valence-corrected chi connectivity index (χ3v) is 4.13. The summed E-state index contributed by atoms with van der Waals surface area (Å²) >= 11 is 3.47. The van der Waals surface area contributed by atoms with Gasteiger partial charge in [-0.2, -0.15) is 9.19 Å². The van der Waals surface area contributed by atoms with Crippen molar-refractivity contribution < 1.29 is 13.4 Å². The number of halogens is 2. The first kappa shape index (κ1) is 16.2. The van der Waals surface area contributed by atoms with Crippen molar-refractivity contribution in [1.29, 1.82) is 0 Å². The van der Waals surface area contributed by atoms with Gasteiger partial charge >= 0.3 is 0 Å². The lowest BCUT2D eigenvalue weighted by molar-refractivity contribution is 0.355. The molecule has 2 aromatic rings. The number of hydrogen-bond acceptors (Lipinski definition) is 4. The zero-order valence-corrected chi connectivity index (χ0v) is 14.6. The number of rotatable bonds is 5. The van der Waals surface area contributed by atoms with Gasteiger partial charge in [-0.1, -0.05) is 13.8 Å². The molecule has 0 radical (unpaired) electrons. The molecule has 0 saturated heterocycles. The van der Waals surface area contributed by atoms with Crippen molar-refractivity contribution in [2.45, 2.75) is 19.8 Å². The van der Waals surface area contributed by atoms with Gasteiger partial charge in [0, 0.05) is 11.1 Å². The summed E-state index contributed by atoms with van der Waals surface area (Å²) in [6, 6.07) is 5.48. The smallest absolute Gasteiger partial charge is 0.188 e. The number of benzene rings is 1. The number of methoxy groups -OCH3 is 2. The molecule has 0 atom stereocenters. The molecule has 2 rings (SSSR count). The number of hydrogen-bond donors (Lipinski definition) is 0. The molecule has 0 unspecified atom stereocenters. The van der Waals surface area contributed by atoms with E-state index in [0.717, 1.165) is 11.1 Å². The summed E-state index contributed by atoms with van der Waals surface area (Å²) in [6.07, 6.45) is 0. The van der Waals surface area contributed by atoms with Crippen LogP contribution < -0.4 is 9.47 Å². The lowest BCUT2D eigenvalue weighted by Gasteiger charge is -2.12. The minimum absolute atomic E-state index is 0.0696. The highest BCUT2D eigenvalue weighted by Gasteiger charge is 2.22. The Balaban J connectivity index is 2.65. The second kappa shape index (κ2) is 6.70. The second-order valence-corrected chi connectivity index (χ2v) is 5.95. The van der Waals surface area contributed by atoms with Gasteiger partial charge in [0.25, 0.3) is 0 Å². The topological polar surface area (TPSA) is 36.3 Å². The van der Waals surface area contributed by atoms with E-state index in [1.165, 1.54) is 4.09 Å². The van der Waals surface area contributed by atoms with Gasteiger partial charge in [-0.15, -0.1) is 3.89 Å². The fourth-order valence-electron chi connectivity index (χ4n) is 2.20. The molecule has 114 valence electrons. The predicted molar refractivity (Wildman–Crippen MR) is 86.7 cm³/mol. The molecule has 21 heavy (non-hydrogen) atoms. The van der Waals surface area contributed by atoms with E-state index in [0.29, 0.717) is 21.8 Å². The predicted octanol–water partition coefficient (Wildman–Crippen LogP) is 4.83. The van der Waals surface area contributed by atoms with Crippen molar-refractivity contribution in [3.8, 4) is 22.8 Å². The number of ether oxygens (including phenoxy) is 2. The molecule has 1 heterocycles. The average Bonchev–Trinajstić information content (AvgIpc) is 2.83. The van der Waals surface area contributed by atoms with Gasteiger partial charge in [0.15, 0.2) is 23.8 Å². The van der Waals surface area contributed by atoms with E-state index in [1.54, 1.807) is 20.3 Å². The molecule has 0 spiro atoms. The van der Waals surface area contributed by atoms with Gasteiger partial charge < -0.3 is 9.47 Å². The molecule has 0 amide bonds. The monoisotopic (exact) mass is 374 g/mol. The first-order valence-electron chi connectivity index (χ1n) is 6.33. The van der Waals surface area contributed by atoms with Gasteiger partial charge in [-0.05, 0) is 40.0 Å². The third kappa shape index (κ3) is 3.03. The zero-order chi connectivity index (χ0) is 15.6. The van der Waals surface area contributed by atoms with Crippen molar-refractivity contribution in [1.82, 2.24) is 9.19 Å². The largest absolute Gasteiger partial charge is 0.493 e. The van der Waals surface area contributed by atoms with Crippen LogP contribution in [0.25, 0.3) is 11.3 Å². The summed E-state index contributed by atoms with van der Waals surface area (Å²) in [4.78, 5) is 0. The molecule has 0 saturated carbocycles. The lowest BCUT2D eigenvalue weighted by atomic mass is 9.99. The molecule has 0 N–H and O–H groups in total. The Morgan fingerprint density at radius 3 is 2.43 bits per heavy atom. The van der Waals surface area contributed by atoms with Crippen LogP contribution in [0, 0.1) is 0 Å². The molecule has 0 aliphatic heterocycles. The first-order chi connectivity index (χ1) is 10.0. The molecule has 0 bridgehead atoms. The van der Waals surface area contributed by atoms with Gasteiger partial charge in [0.05, 0.1) is 19.9 Å². The standard InChI is InChI=1S/C14H16BrFN2O2S/c1-8(2)12-13(18(21-16)17-14(12)15)9-5-6-10(19-3)11(7-9)20-4/h5-8H,1-4H3. The summed E-state index contributed by atoms with van der Waals surface area (Å²) in [5, 5.41) is 4.17. The van der Waals surface area contributed by atoms with E-state index in [-0.39, 0.29) is 18.3 Å². The third-order valence-electron chi connectivity index (χ3n) is 3.15. The highest BCUT2D eigenvalue weighted by Crippen LogP contribution is 2.40. The molecular weight excluding hydrogens is 359 g/mol. The van der Waals surface area contributed by atoms with E-state index in [4.69, 9.17) is 9.47 Å². The summed E-state index contributed by atoms with van der Waals surface area (Å²) in [7, 11) is 3.15. The van der Waals surface area contributed by atoms with Crippen LogP contribution in [0.2, 0.25) is 0 Å². The highest BCUT2D eigenvalue weighted by molar-refractivity contribution is 9.10. The molecule has 1 aromatic heterocycles. The molecule has 0 aliphatic carbocycles. The molecule has 0 aliphatic rings. The van der Waals surface area contributed by atoms with E-state index in [2.05, 4.69) is 21.0 Å². The fourth-order valence-corrected chi connectivity index (χ4v) is 3.49. The Hall–Kier alpha value is -1.21. The molecular formula is C14H16BrFN2O2S. The fraction of sp³-hybridized carbons (Fsp3) is 0.357. The van der Waals surface area contributed by atoms with Gasteiger partial charge in [0.1, 0.15) is 4.60 Å². The minimum Gasteiger partial charge on any atom is -0.493 e. The Morgan fingerprint density at radius 2 is 1.90 bits per heavy atom. The summed E-state index contributed by atoms with van der Waals surface area (Å²) in [6.45, 7) is 4.08. The highest BCUT2D eigenvalue weighted by atomic mass is 79.9. The minimum atomic E-state index is 0.0696. The summed E-state index contributed by atoms with van der Waals surface area (Å²) in [5.41, 5.74) is 2.48. The maximum Gasteiger partial charge on any atom is 0.188 e. The maximum atomic E-state index is 13.2. The van der Waals surface area contributed by atoms with Crippen LogP contribution >= 0.6 is 28.3 Å². The zero-order valence-electron chi connectivity index (χ0n) is 12.2. The maximum absolute atomic E-state index is 13.2. The van der Waals surface area contributed by atoms with Gasteiger partial charge in [0.2, 0.25) is 0 Å². The first-order valence-corrected chi connectivity index (χ1v) is 7.80. The van der Waals surface area contributed by atoms with Crippen molar-refractivity contribution >= 4 is 28.3 Å². The van der Waals surface area contributed by atoms with Crippen molar-refractivity contribution in [3.63, 3.8) is 0 Å². The summed E-state index contributed by atoms with van der Waals surface area (Å²) in [5.74, 6) is 1.42. The van der Waals surface area contributed by atoms with Gasteiger partial charge in [-0.3, -0.25) is 0 Å². The number of aromatic nitrogens is 2. The van der Waals surface area contributed by atoms with Gasteiger partial charge in [-0.25, -0.2) is 0 Å². The lowest BCUT2D eigenvalue weighted by Crippen LogP contribution is -1.96. The van der Waals surface area contributed by atoms with Crippen molar-refractivity contribution in [3.05, 3.63) is 28.4 Å². The Morgan fingerprint density at radius 1 is 1.24 bits per heavy atom. The Kier molecular flexibility index (Phi) is 5.16. The van der Waals surface area contributed by atoms with Crippen LogP contribution in [0.15, 0.2) is 22.8 Å². The van der Waals surface area contributed by atoms with Crippen LogP contribution in [0.4, 0.5) is 3.89 Å². The average molecular weight is 375 g/mol. The van der Waals surface area contributed by atoms with Crippen molar-refractivity contribution in [2.75, 3.05) is 14.2 Å². The molecule has 4 nitrogen and oxygen atoms in total. The molecule has 0 fully saturated rings. The van der Waals surface area contributed by atoms with Crippen LogP contribution in [-0.2, 0) is 0 Å². The Labute approximate surface area is 136 Å². The van der Waals surface area contributed by atoms with Crippen LogP contribution in [0.5, 0.6) is 11.5 Å². The Bertz CT molecular complexity index is 646. The second-order valence-electron chi connectivity index (χ2n) is 4.72. The normalized spacial score (nSPS) is 11.0. The van der Waals surface area contributed by atoms with E-state index in [9.17, 15) is 3.89 Å². The van der Waals surface area contributed by atoms with Crippen LogP contribution in [-0.4, -0.2) is 23.4 Å². The SMILES string of the molecule is COc1ccc(-c2c(C(C)C)c(Br)nn2SF)cc1OC. The quantitative estimate of drug-likeness (QED) is 0.750. The van der Waals surface area contributed by atoms with Crippen molar-refractivity contribution in [2.24, 2.45) is 0 Å². The van der Waals surface area contributed by atoms with Crippen LogP contribution in [0.1, 0.15) is 25.3 Å². The van der Waals surface area contributed by atoms with E-state index >= 15 is 0 Å². The van der Waals surface area contributed by atoms with E-state index < -0.39 is 0 Å². The number of nitrogens with zero attached hydrogens (tertiary/aromatic N) is 2. The molecule has 7 heteroatoms. The van der Waals surface area contributed by atoms with Crippen LogP contribution in [0.3, 0.4) is 0 Å². The van der Waals surface area contributed by atoms with E-state index in [1.807, 2.05) is 26.0 Å². The molecule has 1 aromatic carbocycles. The summed E-state index contributed by atoms with van der Waals surface area (Å²) < 4.78 is 25.6.